The van der Waals surface area contributed by atoms with E-state index in [-0.39, 0.29) is 6.61 Å². The summed E-state index contributed by atoms with van der Waals surface area (Å²) >= 11 is 0. The van der Waals surface area contributed by atoms with E-state index < -0.39 is 21.9 Å². The molecule has 3 heterocycles. The quantitative estimate of drug-likeness (QED) is 0.509. The van der Waals surface area contributed by atoms with Crippen molar-refractivity contribution in [1.82, 2.24) is 15.0 Å². The van der Waals surface area contributed by atoms with Gasteiger partial charge in [-0.15, -0.1) is 0 Å². The summed E-state index contributed by atoms with van der Waals surface area (Å²) in [5, 5.41) is 14.0. The molecule has 3 atom stereocenters. The molecule has 0 radical (unpaired) electrons. The van der Waals surface area contributed by atoms with Crippen molar-refractivity contribution >= 4 is 43.7 Å². The number of aryl methyl sites for hydroxylation is 1. The number of aromatic nitrogens is 3. The van der Waals surface area contributed by atoms with Gasteiger partial charge in [0.1, 0.15) is 23.9 Å². The van der Waals surface area contributed by atoms with E-state index in [1.165, 1.54) is 12.6 Å². The van der Waals surface area contributed by atoms with Gasteiger partial charge >= 0.3 is 0 Å². The highest BCUT2D eigenvalue weighted by Crippen LogP contribution is 2.32. The zero-order valence-corrected chi connectivity index (χ0v) is 17.5. The number of rotatable bonds is 6. The van der Waals surface area contributed by atoms with Gasteiger partial charge < -0.3 is 24.6 Å². The maximum atomic E-state index is 12.0. The van der Waals surface area contributed by atoms with Crippen LogP contribution in [-0.2, 0) is 14.4 Å². The van der Waals surface area contributed by atoms with Crippen molar-refractivity contribution < 1.29 is 18.8 Å². The lowest BCUT2D eigenvalue weighted by Gasteiger charge is -2.18. The normalized spacial score (nSPS) is 20.6. The third-order valence-electron chi connectivity index (χ3n) is 4.56. The number of anilines is 3. The van der Waals surface area contributed by atoms with E-state index in [9.17, 15) is 9.32 Å². The predicted molar refractivity (Wildman–Crippen MR) is 118 cm³/mol. The Kier molecular flexibility index (Phi) is 5.46. The number of hydrogen-bond acceptors (Lipinski definition) is 8. The number of nitrogens with one attached hydrogen (secondary N) is 2. The van der Waals surface area contributed by atoms with Crippen LogP contribution in [0.1, 0.15) is 5.56 Å². The SMILES string of the molecule is C=S(C)(=O)Nc1cc(C)c2c(Nc3cccnc3OC3COCC3O)ncnc2c1. The molecule has 0 amide bonds. The van der Waals surface area contributed by atoms with E-state index in [4.69, 9.17) is 9.47 Å². The summed E-state index contributed by atoms with van der Waals surface area (Å²) in [5.41, 5.74) is 2.86. The smallest absolute Gasteiger partial charge is 0.238 e. The van der Waals surface area contributed by atoms with Gasteiger partial charge in [0.15, 0.2) is 6.10 Å². The summed E-state index contributed by atoms with van der Waals surface area (Å²) in [6, 6.07) is 7.27. The number of hydrogen-bond donors (Lipinski definition) is 3. The van der Waals surface area contributed by atoms with Crippen molar-refractivity contribution in [2.45, 2.75) is 19.1 Å². The topological polar surface area (TPSA) is 118 Å². The van der Waals surface area contributed by atoms with Crippen LogP contribution in [0, 0.1) is 6.92 Å². The maximum absolute atomic E-state index is 12.0. The van der Waals surface area contributed by atoms with E-state index >= 15 is 0 Å². The Labute approximate surface area is 174 Å². The summed E-state index contributed by atoms with van der Waals surface area (Å²) < 4.78 is 26.0. The monoisotopic (exact) mass is 429 g/mol. The first kappa shape index (κ1) is 20.3. The van der Waals surface area contributed by atoms with Crippen molar-refractivity contribution in [3.8, 4) is 5.88 Å². The predicted octanol–water partition coefficient (Wildman–Crippen LogP) is 1.89. The highest BCUT2D eigenvalue weighted by atomic mass is 32.2. The number of benzene rings is 1. The van der Waals surface area contributed by atoms with Gasteiger partial charge in [0.05, 0.1) is 18.7 Å². The van der Waals surface area contributed by atoms with Gasteiger partial charge in [0.25, 0.3) is 0 Å². The molecule has 0 spiro atoms. The molecule has 1 saturated heterocycles. The fourth-order valence-corrected chi connectivity index (χ4v) is 3.90. The standard InChI is InChI=1S/C20H23N5O4S/c1-12-7-13(25-30(2,3)27)8-15-18(12)19(23-11-22-15)24-14-5-4-6-21-20(14)29-17-10-28-9-16(17)26/h4-8,11,16-17,26H,2,9-10H2,1,3H3,(H,25,27)(H,22,23,24). The van der Waals surface area contributed by atoms with E-state index in [1.54, 1.807) is 18.3 Å². The van der Waals surface area contributed by atoms with Crippen molar-refractivity contribution in [3.05, 3.63) is 42.4 Å². The van der Waals surface area contributed by atoms with Crippen LogP contribution in [0.25, 0.3) is 10.9 Å². The molecule has 3 aromatic rings. The van der Waals surface area contributed by atoms with Gasteiger partial charge in [0.2, 0.25) is 5.88 Å². The molecule has 0 saturated carbocycles. The molecule has 1 aromatic carbocycles. The molecule has 2 aromatic heterocycles. The van der Waals surface area contributed by atoms with Crippen molar-refractivity contribution in [3.63, 3.8) is 0 Å². The van der Waals surface area contributed by atoms with Crippen LogP contribution >= 0.6 is 0 Å². The Bertz CT molecular complexity index is 1190. The van der Waals surface area contributed by atoms with Crippen LogP contribution in [0.15, 0.2) is 36.8 Å². The van der Waals surface area contributed by atoms with Crippen LogP contribution in [-0.4, -0.2) is 61.8 Å². The fraction of sp³-hybridized carbons (Fsp3) is 0.300. The second kappa shape index (κ2) is 8.05. The zero-order chi connectivity index (χ0) is 21.3. The molecule has 158 valence electrons. The van der Waals surface area contributed by atoms with Crippen LogP contribution in [0.4, 0.5) is 17.2 Å². The lowest BCUT2D eigenvalue weighted by molar-refractivity contribution is 0.0709. The minimum atomic E-state index is -2.41. The van der Waals surface area contributed by atoms with Crippen LogP contribution in [0.3, 0.4) is 0 Å². The molecule has 0 aliphatic carbocycles. The van der Waals surface area contributed by atoms with E-state index in [0.29, 0.717) is 35.2 Å². The highest BCUT2D eigenvalue weighted by molar-refractivity contribution is 8.00. The van der Waals surface area contributed by atoms with Gasteiger partial charge in [-0.2, -0.15) is 0 Å². The van der Waals surface area contributed by atoms with Gasteiger partial charge in [-0.1, -0.05) is 0 Å². The van der Waals surface area contributed by atoms with E-state index in [0.717, 1.165) is 10.9 Å². The minimum Gasteiger partial charge on any atom is -0.468 e. The third kappa shape index (κ3) is 4.45. The first-order valence-corrected chi connectivity index (χ1v) is 11.4. The van der Waals surface area contributed by atoms with Crippen molar-refractivity contribution in [2.75, 3.05) is 29.5 Å². The first-order chi connectivity index (χ1) is 14.3. The largest absolute Gasteiger partial charge is 0.468 e. The highest BCUT2D eigenvalue weighted by Gasteiger charge is 2.29. The number of ether oxygens (including phenoxy) is 2. The van der Waals surface area contributed by atoms with Crippen molar-refractivity contribution in [1.29, 1.82) is 0 Å². The molecule has 3 unspecified atom stereocenters. The van der Waals surface area contributed by atoms with Crippen LogP contribution < -0.4 is 14.8 Å². The summed E-state index contributed by atoms with van der Waals surface area (Å²) in [6.07, 6.45) is 3.42. The second-order valence-electron chi connectivity index (χ2n) is 7.26. The lowest BCUT2D eigenvalue weighted by Crippen LogP contribution is -2.30. The second-order valence-corrected chi connectivity index (χ2v) is 9.47. The average Bonchev–Trinajstić information content (AvgIpc) is 3.06. The van der Waals surface area contributed by atoms with Gasteiger partial charge in [-0.3, -0.25) is 0 Å². The Morgan fingerprint density at radius 1 is 1.30 bits per heavy atom. The number of nitrogens with zero attached hydrogens (tertiary/aromatic N) is 3. The molecule has 30 heavy (non-hydrogen) atoms. The number of pyridine rings is 1. The third-order valence-corrected chi connectivity index (χ3v) is 5.22. The molecule has 1 aliphatic rings. The molecule has 1 aliphatic heterocycles. The fourth-order valence-electron chi connectivity index (χ4n) is 3.28. The van der Waals surface area contributed by atoms with Crippen molar-refractivity contribution in [2.24, 2.45) is 0 Å². The molecule has 10 heteroatoms. The van der Waals surface area contributed by atoms with Crippen LogP contribution in [0.2, 0.25) is 0 Å². The summed E-state index contributed by atoms with van der Waals surface area (Å²) in [7, 11) is -2.41. The number of aliphatic hydroxyl groups is 1. The number of fused-ring (bicyclic) bond motifs is 1. The summed E-state index contributed by atoms with van der Waals surface area (Å²) in [5.74, 6) is 4.56. The zero-order valence-electron chi connectivity index (χ0n) is 16.7. The molecule has 9 nitrogen and oxygen atoms in total. The van der Waals surface area contributed by atoms with E-state index in [2.05, 4.69) is 30.9 Å². The molecule has 4 rings (SSSR count). The minimum absolute atomic E-state index is 0.240. The Morgan fingerprint density at radius 3 is 2.87 bits per heavy atom. The Hall–Kier alpha value is -2.95. The average molecular weight is 430 g/mol. The maximum Gasteiger partial charge on any atom is 0.238 e. The van der Waals surface area contributed by atoms with Gasteiger partial charge in [0, 0.05) is 33.2 Å². The summed E-state index contributed by atoms with van der Waals surface area (Å²) in [6.45, 7) is 2.47. The Balaban J connectivity index is 1.68. The van der Waals surface area contributed by atoms with Crippen LogP contribution in [0.5, 0.6) is 5.88 Å². The molecule has 1 fully saturated rings. The lowest BCUT2D eigenvalue weighted by atomic mass is 10.1. The molecular formula is C20H23N5O4S. The van der Waals surface area contributed by atoms with Gasteiger partial charge in [-0.05, 0) is 42.6 Å². The van der Waals surface area contributed by atoms with E-state index in [1.807, 2.05) is 19.1 Å². The Morgan fingerprint density at radius 2 is 2.13 bits per heavy atom. The number of aliphatic hydroxyl groups excluding tert-OH is 1. The molecular weight excluding hydrogens is 406 g/mol. The van der Waals surface area contributed by atoms with Gasteiger partial charge in [-0.25, -0.2) is 19.2 Å². The summed E-state index contributed by atoms with van der Waals surface area (Å²) in [4.78, 5) is 13.0. The molecule has 0 bridgehead atoms. The first-order valence-electron chi connectivity index (χ1n) is 9.30. The molecule has 3 N–H and O–H groups in total.